The van der Waals surface area contributed by atoms with E-state index in [-0.39, 0.29) is 0 Å². The van der Waals surface area contributed by atoms with Gasteiger partial charge in [0.15, 0.2) is 0 Å². The molecule has 0 unspecified atom stereocenters. The zero-order valence-electron chi connectivity index (χ0n) is 9.89. The standard InChI is InChI=1S/C8H19N5O2S/c1-8(2,3)12-16(14,15)11-7-5-4-6-10-13-9/h11-12H,4-7H2,1-3H3. The first-order valence-electron chi connectivity index (χ1n) is 5.06. The summed E-state index contributed by atoms with van der Waals surface area (Å²) in [6, 6.07) is 0. The van der Waals surface area contributed by atoms with Crippen molar-refractivity contribution in [3.05, 3.63) is 10.4 Å². The van der Waals surface area contributed by atoms with Gasteiger partial charge in [-0.05, 0) is 39.1 Å². The lowest BCUT2D eigenvalue weighted by Crippen LogP contribution is -2.47. The van der Waals surface area contributed by atoms with Gasteiger partial charge in [0.25, 0.3) is 10.2 Å². The van der Waals surface area contributed by atoms with Gasteiger partial charge in [-0.25, -0.2) is 4.72 Å². The van der Waals surface area contributed by atoms with Crippen molar-refractivity contribution in [3.63, 3.8) is 0 Å². The number of hydrogen-bond acceptors (Lipinski definition) is 3. The zero-order chi connectivity index (χ0) is 12.7. The summed E-state index contributed by atoms with van der Waals surface area (Å²) in [4.78, 5) is 2.60. The van der Waals surface area contributed by atoms with Crippen molar-refractivity contribution < 1.29 is 8.42 Å². The lowest BCUT2D eigenvalue weighted by atomic mass is 10.1. The summed E-state index contributed by atoms with van der Waals surface area (Å²) >= 11 is 0. The van der Waals surface area contributed by atoms with Crippen molar-refractivity contribution in [2.45, 2.75) is 39.2 Å². The highest BCUT2D eigenvalue weighted by Crippen LogP contribution is 2.00. The molecule has 0 aliphatic heterocycles. The summed E-state index contributed by atoms with van der Waals surface area (Å²) in [5.41, 5.74) is 7.53. The molecule has 0 aliphatic rings. The van der Waals surface area contributed by atoms with Gasteiger partial charge in [0.05, 0.1) is 0 Å². The van der Waals surface area contributed by atoms with Crippen molar-refractivity contribution >= 4 is 10.2 Å². The van der Waals surface area contributed by atoms with Gasteiger partial charge in [0.1, 0.15) is 0 Å². The van der Waals surface area contributed by atoms with Crippen LogP contribution in [0.5, 0.6) is 0 Å². The molecule has 0 aliphatic carbocycles. The minimum Gasteiger partial charge on any atom is -0.202 e. The Kier molecular flexibility index (Phi) is 6.35. The van der Waals surface area contributed by atoms with Crippen molar-refractivity contribution in [2.24, 2.45) is 5.11 Å². The Morgan fingerprint density at radius 2 is 1.94 bits per heavy atom. The molecule has 0 aromatic carbocycles. The molecule has 0 rings (SSSR count). The van der Waals surface area contributed by atoms with Crippen molar-refractivity contribution in [3.8, 4) is 0 Å². The van der Waals surface area contributed by atoms with E-state index in [9.17, 15) is 8.42 Å². The number of hydrogen-bond donors (Lipinski definition) is 2. The number of azide groups is 1. The Morgan fingerprint density at radius 3 is 2.44 bits per heavy atom. The summed E-state index contributed by atoms with van der Waals surface area (Å²) in [6.07, 6.45) is 1.31. The van der Waals surface area contributed by atoms with Crippen LogP contribution >= 0.6 is 0 Å². The second-order valence-electron chi connectivity index (χ2n) is 4.41. The molecule has 16 heavy (non-hydrogen) atoms. The lowest BCUT2D eigenvalue weighted by molar-refractivity contribution is 0.483. The first kappa shape index (κ1) is 15.2. The number of nitrogens with zero attached hydrogens (tertiary/aromatic N) is 3. The molecule has 7 nitrogen and oxygen atoms in total. The predicted octanol–water partition coefficient (Wildman–Crippen LogP) is 1.30. The highest BCUT2D eigenvalue weighted by Gasteiger charge is 2.18. The summed E-state index contributed by atoms with van der Waals surface area (Å²) in [7, 11) is -3.44. The van der Waals surface area contributed by atoms with Gasteiger partial charge >= 0.3 is 0 Å². The van der Waals surface area contributed by atoms with Crippen LogP contribution in [0, 0.1) is 0 Å². The van der Waals surface area contributed by atoms with E-state index in [1.165, 1.54) is 0 Å². The molecule has 2 N–H and O–H groups in total. The van der Waals surface area contributed by atoms with Crippen LogP contribution in [0.3, 0.4) is 0 Å². The van der Waals surface area contributed by atoms with Crippen LogP contribution in [0.15, 0.2) is 5.11 Å². The molecule has 0 bridgehead atoms. The first-order chi connectivity index (χ1) is 7.27. The van der Waals surface area contributed by atoms with Crippen molar-refractivity contribution in [2.75, 3.05) is 13.1 Å². The second kappa shape index (κ2) is 6.70. The molecule has 0 radical (unpaired) electrons. The maximum absolute atomic E-state index is 11.4. The van der Waals surface area contributed by atoms with Crippen molar-refractivity contribution in [1.82, 2.24) is 9.44 Å². The fourth-order valence-electron chi connectivity index (χ4n) is 0.998. The minimum absolute atomic E-state index is 0.340. The van der Waals surface area contributed by atoms with Crippen molar-refractivity contribution in [1.29, 1.82) is 0 Å². The van der Waals surface area contributed by atoms with E-state index in [2.05, 4.69) is 19.5 Å². The summed E-state index contributed by atoms with van der Waals surface area (Å²) in [5.74, 6) is 0. The molecule has 0 saturated heterocycles. The summed E-state index contributed by atoms with van der Waals surface area (Å²) in [5, 5.41) is 3.35. The van der Waals surface area contributed by atoms with Gasteiger partial charge in [-0.1, -0.05) is 5.11 Å². The van der Waals surface area contributed by atoms with E-state index in [1.807, 2.05) is 0 Å². The van der Waals surface area contributed by atoms with Crippen LogP contribution in [0.25, 0.3) is 10.4 Å². The Balaban J connectivity index is 3.79. The Morgan fingerprint density at radius 1 is 1.31 bits per heavy atom. The largest absolute Gasteiger partial charge is 0.277 e. The van der Waals surface area contributed by atoms with Gasteiger partial charge in [-0.15, -0.1) is 0 Å². The normalized spacial score (nSPS) is 12.2. The quantitative estimate of drug-likeness (QED) is 0.307. The summed E-state index contributed by atoms with van der Waals surface area (Å²) in [6.45, 7) is 6.05. The van der Waals surface area contributed by atoms with Crippen LogP contribution < -0.4 is 9.44 Å². The molecular weight excluding hydrogens is 230 g/mol. The predicted molar refractivity (Wildman–Crippen MR) is 63.1 cm³/mol. The van der Waals surface area contributed by atoms with E-state index in [0.717, 1.165) is 0 Å². The second-order valence-corrected chi connectivity index (χ2v) is 5.91. The number of nitrogens with one attached hydrogen (secondary N) is 2. The van der Waals surface area contributed by atoms with Gasteiger partial charge < -0.3 is 0 Å². The van der Waals surface area contributed by atoms with E-state index in [0.29, 0.717) is 25.9 Å². The third kappa shape index (κ3) is 9.72. The van der Waals surface area contributed by atoms with Crippen LogP contribution in [-0.4, -0.2) is 27.0 Å². The first-order valence-corrected chi connectivity index (χ1v) is 6.54. The molecule has 0 atom stereocenters. The zero-order valence-corrected chi connectivity index (χ0v) is 10.7. The van der Waals surface area contributed by atoms with Crippen LogP contribution in [0.2, 0.25) is 0 Å². The monoisotopic (exact) mass is 249 g/mol. The van der Waals surface area contributed by atoms with Gasteiger partial charge in [0.2, 0.25) is 0 Å². The average Bonchev–Trinajstić information content (AvgIpc) is 2.06. The van der Waals surface area contributed by atoms with Gasteiger partial charge in [-0.3, -0.25) is 0 Å². The van der Waals surface area contributed by atoms with E-state index >= 15 is 0 Å². The topological polar surface area (TPSA) is 107 Å². The molecule has 0 saturated carbocycles. The van der Waals surface area contributed by atoms with Crippen LogP contribution in [0.1, 0.15) is 33.6 Å². The van der Waals surface area contributed by atoms with Crippen LogP contribution in [0.4, 0.5) is 0 Å². The molecule has 0 spiro atoms. The van der Waals surface area contributed by atoms with E-state index < -0.39 is 15.7 Å². The van der Waals surface area contributed by atoms with Gasteiger partial charge in [0, 0.05) is 23.5 Å². The molecule has 0 fully saturated rings. The molecule has 0 amide bonds. The maximum Gasteiger partial charge on any atom is 0.277 e. The third-order valence-corrected chi connectivity index (χ3v) is 2.95. The molecule has 0 aromatic heterocycles. The molecule has 94 valence electrons. The van der Waals surface area contributed by atoms with Gasteiger partial charge in [-0.2, -0.15) is 13.1 Å². The van der Waals surface area contributed by atoms with E-state index in [4.69, 9.17) is 5.53 Å². The Labute approximate surface area is 96.4 Å². The SMILES string of the molecule is CC(C)(C)NS(=O)(=O)NCCCCN=[N+]=[N-]. The molecule has 0 heterocycles. The Bertz CT molecular complexity index is 340. The molecular formula is C8H19N5O2S. The highest BCUT2D eigenvalue weighted by atomic mass is 32.2. The average molecular weight is 249 g/mol. The fraction of sp³-hybridized carbons (Fsp3) is 1.00. The smallest absolute Gasteiger partial charge is 0.202 e. The number of rotatable bonds is 7. The molecule has 8 heteroatoms. The number of unbranched alkanes of at least 4 members (excludes halogenated alkanes) is 1. The van der Waals surface area contributed by atoms with E-state index in [1.54, 1.807) is 20.8 Å². The third-order valence-electron chi connectivity index (χ3n) is 1.48. The maximum atomic E-state index is 11.4. The lowest BCUT2D eigenvalue weighted by Gasteiger charge is -2.20. The Hall–Kier alpha value is -0.820. The fourth-order valence-corrected chi connectivity index (χ4v) is 2.29. The molecule has 0 aromatic rings. The minimum atomic E-state index is -3.44. The van der Waals surface area contributed by atoms with Crippen LogP contribution in [-0.2, 0) is 10.2 Å². The highest BCUT2D eigenvalue weighted by molar-refractivity contribution is 7.87. The summed E-state index contributed by atoms with van der Waals surface area (Å²) < 4.78 is 27.8.